The molecule has 0 radical (unpaired) electrons. The van der Waals surface area contributed by atoms with Gasteiger partial charge < -0.3 is 10.2 Å². The lowest BCUT2D eigenvalue weighted by atomic mass is 10.0. The summed E-state index contributed by atoms with van der Waals surface area (Å²) in [5, 5.41) is 6.38. The van der Waals surface area contributed by atoms with Gasteiger partial charge in [0.1, 0.15) is 0 Å². The standard InChI is InChI=1S/C19H22N2O2S/c22-18(13-20-19(23)16-10-12-24-14-16)21-11-4-7-17(21)9-8-15-5-2-1-3-6-15/h1-3,5-6,10,12,14,17H,4,7-9,11,13H2,(H,20,23). The van der Waals surface area contributed by atoms with Crippen molar-refractivity contribution in [3.8, 4) is 0 Å². The zero-order valence-electron chi connectivity index (χ0n) is 13.6. The topological polar surface area (TPSA) is 49.4 Å². The Morgan fingerprint density at radius 1 is 1.21 bits per heavy atom. The summed E-state index contributed by atoms with van der Waals surface area (Å²) in [6.07, 6.45) is 4.06. The second-order valence-corrected chi connectivity index (χ2v) is 6.88. The first-order valence-electron chi connectivity index (χ1n) is 8.38. The van der Waals surface area contributed by atoms with E-state index in [0.717, 1.165) is 32.2 Å². The van der Waals surface area contributed by atoms with Gasteiger partial charge in [-0.3, -0.25) is 9.59 Å². The zero-order chi connectivity index (χ0) is 16.8. The summed E-state index contributed by atoms with van der Waals surface area (Å²) in [4.78, 5) is 26.3. The summed E-state index contributed by atoms with van der Waals surface area (Å²) in [5.74, 6) is -0.154. The van der Waals surface area contributed by atoms with Gasteiger partial charge in [0.25, 0.3) is 5.91 Å². The van der Waals surface area contributed by atoms with E-state index in [1.807, 2.05) is 28.5 Å². The van der Waals surface area contributed by atoms with Crippen LogP contribution in [0.3, 0.4) is 0 Å². The second kappa shape index (κ2) is 8.11. The molecule has 5 heteroatoms. The zero-order valence-corrected chi connectivity index (χ0v) is 14.4. The summed E-state index contributed by atoms with van der Waals surface area (Å²) < 4.78 is 0. The third kappa shape index (κ3) is 4.23. The predicted molar refractivity (Wildman–Crippen MR) is 96.2 cm³/mol. The highest BCUT2D eigenvalue weighted by atomic mass is 32.1. The Balaban J connectivity index is 1.49. The summed E-state index contributed by atoms with van der Waals surface area (Å²) in [7, 11) is 0. The van der Waals surface area contributed by atoms with Crippen molar-refractivity contribution < 1.29 is 9.59 Å². The molecule has 0 spiro atoms. The molecule has 1 fully saturated rings. The minimum atomic E-state index is -0.176. The highest BCUT2D eigenvalue weighted by Gasteiger charge is 2.28. The summed E-state index contributed by atoms with van der Waals surface area (Å²) in [6.45, 7) is 0.878. The van der Waals surface area contributed by atoms with Gasteiger partial charge in [0.2, 0.25) is 5.91 Å². The van der Waals surface area contributed by atoms with Gasteiger partial charge in [0.15, 0.2) is 0 Å². The highest BCUT2D eigenvalue weighted by Crippen LogP contribution is 2.22. The van der Waals surface area contributed by atoms with E-state index >= 15 is 0 Å². The lowest BCUT2D eigenvalue weighted by molar-refractivity contribution is -0.131. The lowest BCUT2D eigenvalue weighted by Crippen LogP contribution is -2.42. The van der Waals surface area contributed by atoms with Crippen molar-refractivity contribution in [3.05, 3.63) is 58.3 Å². The average Bonchev–Trinajstić information content (AvgIpc) is 3.30. The maximum absolute atomic E-state index is 12.5. The molecular weight excluding hydrogens is 320 g/mol. The third-order valence-corrected chi connectivity index (χ3v) is 5.17. The quantitative estimate of drug-likeness (QED) is 0.877. The van der Waals surface area contributed by atoms with Gasteiger partial charge in [0, 0.05) is 23.5 Å². The Morgan fingerprint density at radius 3 is 2.79 bits per heavy atom. The number of nitrogens with one attached hydrogen (secondary N) is 1. The number of amides is 2. The molecule has 2 aromatic rings. The van der Waals surface area contributed by atoms with Gasteiger partial charge in [-0.25, -0.2) is 0 Å². The van der Waals surface area contributed by atoms with Crippen LogP contribution in [0.5, 0.6) is 0 Å². The van der Waals surface area contributed by atoms with Gasteiger partial charge >= 0.3 is 0 Å². The normalized spacial score (nSPS) is 17.0. The molecule has 1 aliphatic rings. The van der Waals surface area contributed by atoms with Crippen molar-refractivity contribution in [3.63, 3.8) is 0 Å². The van der Waals surface area contributed by atoms with Crippen molar-refractivity contribution in [1.29, 1.82) is 0 Å². The van der Waals surface area contributed by atoms with Crippen LogP contribution >= 0.6 is 11.3 Å². The van der Waals surface area contributed by atoms with Crippen molar-refractivity contribution in [2.24, 2.45) is 0 Å². The van der Waals surface area contributed by atoms with Gasteiger partial charge in [-0.1, -0.05) is 30.3 Å². The molecule has 2 heterocycles. The first-order valence-corrected chi connectivity index (χ1v) is 9.32. The molecule has 0 aliphatic carbocycles. The molecule has 4 nitrogen and oxygen atoms in total. The minimum Gasteiger partial charge on any atom is -0.343 e. The van der Waals surface area contributed by atoms with Crippen molar-refractivity contribution in [1.82, 2.24) is 10.2 Å². The van der Waals surface area contributed by atoms with E-state index in [1.54, 1.807) is 11.4 Å². The number of aryl methyl sites for hydroxylation is 1. The summed E-state index contributed by atoms with van der Waals surface area (Å²) in [6, 6.07) is 12.4. The molecule has 1 aromatic heterocycles. The van der Waals surface area contributed by atoms with E-state index in [9.17, 15) is 9.59 Å². The Morgan fingerprint density at radius 2 is 2.04 bits per heavy atom. The van der Waals surface area contributed by atoms with E-state index in [2.05, 4.69) is 17.4 Å². The minimum absolute atomic E-state index is 0.0224. The van der Waals surface area contributed by atoms with Crippen molar-refractivity contribution >= 4 is 23.2 Å². The first kappa shape index (κ1) is 16.7. The molecule has 1 N–H and O–H groups in total. The number of carbonyl (C=O) groups is 2. The van der Waals surface area contributed by atoms with E-state index in [1.165, 1.54) is 16.9 Å². The lowest BCUT2D eigenvalue weighted by Gasteiger charge is -2.25. The molecule has 24 heavy (non-hydrogen) atoms. The summed E-state index contributed by atoms with van der Waals surface area (Å²) >= 11 is 1.48. The number of thiophene rings is 1. The average molecular weight is 342 g/mol. The molecule has 1 aliphatic heterocycles. The fourth-order valence-corrected chi connectivity index (χ4v) is 3.83. The molecule has 1 saturated heterocycles. The van der Waals surface area contributed by atoms with Crippen LogP contribution < -0.4 is 5.32 Å². The number of hydrogen-bond acceptors (Lipinski definition) is 3. The maximum Gasteiger partial charge on any atom is 0.252 e. The Bertz CT molecular complexity index is 670. The number of rotatable bonds is 6. The molecule has 3 rings (SSSR count). The molecular formula is C19H22N2O2S. The van der Waals surface area contributed by atoms with Gasteiger partial charge in [-0.2, -0.15) is 11.3 Å². The fourth-order valence-electron chi connectivity index (χ4n) is 3.20. The second-order valence-electron chi connectivity index (χ2n) is 6.10. The molecule has 1 atom stereocenters. The predicted octanol–water partition coefficient (Wildman–Crippen LogP) is 3.10. The van der Waals surface area contributed by atoms with Crippen LogP contribution in [0.1, 0.15) is 35.2 Å². The summed E-state index contributed by atoms with van der Waals surface area (Å²) in [5.41, 5.74) is 1.93. The first-order chi connectivity index (χ1) is 11.7. The number of benzene rings is 1. The van der Waals surface area contributed by atoms with Crippen molar-refractivity contribution in [2.75, 3.05) is 13.1 Å². The number of carbonyl (C=O) groups excluding carboxylic acids is 2. The maximum atomic E-state index is 12.5. The number of hydrogen-bond donors (Lipinski definition) is 1. The van der Waals surface area contributed by atoms with Crippen molar-refractivity contribution in [2.45, 2.75) is 31.7 Å². The van der Waals surface area contributed by atoms with E-state index in [4.69, 9.17) is 0 Å². The SMILES string of the molecule is O=C(NCC(=O)N1CCCC1CCc1ccccc1)c1ccsc1. The van der Waals surface area contributed by atoms with Crippen LogP contribution in [0.25, 0.3) is 0 Å². The Kier molecular flexibility index (Phi) is 5.64. The van der Waals surface area contributed by atoms with E-state index in [-0.39, 0.29) is 24.4 Å². The van der Waals surface area contributed by atoms with Crippen LogP contribution in [0.4, 0.5) is 0 Å². The number of nitrogens with zero attached hydrogens (tertiary/aromatic N) is 1. The molecule has 0 bridgehead atoms. The number of likely N-dealkylation sites (tertiary alicyclic amines) is 1. The fraction of sp³-hybridized carbons (Fsp3) is 0.368. The van der Waals surface area contributed by atoms with Crippen LogP contribution in [0.2, 0.25) is 0 Å². The van der Waals surface area contributed by atoms with Crippen LogP contribution in [0, 0.1) is 0 Å². The van der Waals surface area contributed by atoms with Gasteiger partial charge in [-0.15, -0.1) is 0 Å². The van der Waals surface area contributed by atoms with Crippen LogP contribution in [0.15, 0.2) is 47.2 Å². The molecule has 1 unspecified atom stereocenters. The van der Waals surface area contributed by atoms with Crippen LogP contribution in [-0.4, -0.2) is 35.8 Å². The molecule has 1 aromatic carbocycles. The van der Waals surface area contributed by atoms with E-state index < -0.39 is 0 Å². The Labute approximate surface area is 146 Å². The van der Waals surface area contributed by atoms with Gasteiger partial charge in [-0.05, 0) is 42.7 Å². The molecule has 126 valence electrons. The smallest absolute Gasteiger partial charge is 0.252 e. The third-order valence-electron chi connectivity index (χ3n) is 4.49. The monoisotopic (exact) mass is 342 g/mol. The van der Waals surface area contributed by atoms with Crippen LogP contribution in [-0.2, 0) is 11.2 Å². The highest BCUT2D eigenvalue weighted by molar-refractivity contribution is 7.08. The van der Waals surface area contributed by atoms with Gasteiger partial charge in [0.05, 0.1) is 6.54 Å². The Hall–Kier alpha value is -2.14. The van der Waals surface area contributed by atoms with E-state index in [0.29, 0.717) is 5.56 Å². The molecule has 2 amide bonds. The largest absolute Gasteiger partial charge is 0.343 e. The molecule has 0 saturated carbocycles.